The Labute approximate surface area is 101 Å². The Balaban J connectivity index is 2.22. The van der Waals surface area contributed by atoms with Crippen molar-refractivity contribution in [2.24, 2.45) is 18.7 Å². The van der Waals surface area contributed by atoms with Crippen LogP contribution in [0, 0.1) is 5.92 Å². The third-order valence-electron chi connectivity index (χ3n) is 3.30. The van der Waals surface area contributed by atoms with Gasteiger partial charge in [0, 0.05) is 32.4 Å². The van der Waals surface area contributed by atoms with Gasteiger partial charge in [0.05, 0.1) is 6.20 Å². The van der Waals surface area contributed by atoms with E-state index in [-0.39, 0.29) is 10.9 Å². The zero-order valence-electron chi connectivity index (χ0n) is 10.1. The lowest BCUT2D eigenvalue weighted by molar-refractivity contribution is 0.253. The second kappa shape index (κ2) is 4.40. The highest BCUT2D eigenvalue weighted by atomic mass is 32.2. The van der Waals surface area contributed by atoms with Crippen molar-refractivity contribution in [2.75, 3.05) is 13.1 Å². The predicted octanol–water partition coefficient (Wildman–Crippen LogP) is -0.222. The van der Waals surface area contributed by atoms with Crippen molar-refractivity contribution in [3.8, 4) is 0 Å². The van der Waals surface area contributed by atoms with Crippen LogP contribution in [0.3, 0.4) is 0 Å². The number of piperidine rings is 1. The summed E-state index contributed by atoms with van der Waals surface area (Å²) < 4.78 is 27.5. The smallest absolute Gasteiger partial charge is 0.246 e. The molecule has 2 rings (SSSR count). The minimum atomic E-state index is -3.43. The van der Waals surface area contributed by atoms with E-state index in [0.29, 0.717) is 19.0 Å². The summed E-state index contributed by atoms with van der Waals surface area (Å²) in [6, 6.07) is -0.0878. The Bertz CT molecular complexity index is 496. The average molecular weight is 258 g/mol. The van der Waals surface area contributed by atoms with Crippen LogP contribution in [-0.2, 0) is 17.1 Å². The standard InChI is InChI=1S/C10H18N4O2S/c1-8-3-4-14(7-10(8)11)17(15,16)9-5-12-13(2)6-9/h5-6,8,10H,3-4,7,11H2,1-2H3. The monoisotopic (exact) mass is 258 g/mol. The topological polar surface area (TPSA) is 81.2 Å². The molecule has 17 heavy (non-hydrogen) atoms. The third-order valence-corrected chi connectivity index (χ3v) is 5.12. The van der Waals surface area contributed by atoms with Gasteiger partial charge < -0.3 is 5.73 Å². The van der Waals surface area contributed by atoms with Crippen molar-refractivity contribution in [2.45, 2.75) is 24.3 Å². The third kappa shape index (κ3) is 2.36. The largest absolute Gasteiger partial charge is 0.326 e. The van der Waals surface area contributed by atoms with Gasteiger partial charge in [-0.1, -0.05) is 6.92 Å². The van der Waals surface area contributed by atoms with Crippen molar-refractivity contribution in [3.05, 3.63) is 12.4 Å². The van der Waals surface area contributed by atoms with E-state index in [1.807, 2.05) is 0 Å². The molecule has 0 aromatic carbocycles. The fourth-order valence-corrected chi connectivity index (χ4v) is 3.45. The summed E-state index contributed by atoms with van der Waals surface area (Å²) in [7, 11) is -1.73. The first-order valence-electron chi connectivity index (χ1n) is 5.65. The molecule has 1 aliphatic heterocycles. The Kier molecular flexibility index (Phi) is 3.24. The van der Waals surface area contributed by atoms with Crippen LogP contribution in [0.4, 0.5) is 0 Å². The fraction of sp³-hybridized carbons (Fsp3) is 0.700. The van der Waals surface area contributed by atoms with Crippen LogP contribution in [0.5, 0.6) is 0 Å². The molecule has 1 fully saturated rings. The van der Waals surface area contributed by atoms with E-state index in [1.54, 1.807) is 7.05 Å². The quantitative estimate of drug-likeness (QED) is 0.795. The zero-order chi connectivity index (χ0) is 12.6. The molecule has 0 saturated carbocycles. The Morgan fingerprint density at radius 3 is 2.76 bits per heavy atom. The van der Waals surface area contributed by atoms with Gasteiger partial charge in [-0.3, -0.25) is 4.68 Å². The van der Waals surface area contributed by atoms with Crippen LogP contribution in [0.1, 0.15) is 13.3 Å². The highest BCUT2D eigenvalue weighted by molar-refractivity contribution is 7.89. The van der Waals surface area contributed by atoms with Gasteiger partial charge in [0.15, 0.2) is 0 Å². The summed E-state index contributed by atoms with van der Waals surface area (Å²) in [5.74, 6) is 0.371. The van der Waals surface area contributed by atoms with E-state index in [2.05, 4.69) is 12.0 Å². The van der Waals surface area contributed by atoms with Crippen LogP contribution in [0.25, 0.3) is 0 Å². The molecular formula is C10H18N4O2S. The molecule has 0 spiro atoms. The van der Waals surface area contributed by atoms with Crippen LogP contribution >= 0.6 is 0 Å². The van der Waals surface area contributed by atoms with E-state index < -0.39 is 10.0 Å². The van der Waals surface area contributed by atoms with Crippen molar-refractivity contribution >= 4 is 10.0 Å². The van der Waals surface area contributed by atoms with Gasteiger partial charge in [0.2, 0.25) is 10.0 Å². The predicted molar refractivity (Wildman–Crippen MR) is 63.7 cm³/mol. The van der Waals surface area contributed by atoms with Crippen LogP contribution in [0.2, 0.25) is 0 Å². The zero-order valence-corrected chi connectivity index (χ0v) is 10.9. The highest BCUT2D eigenvalue weighted by Gasteiger charge is 2.32. The molecule has 1 aromatic rings. The summed E-state index contributed by atoms with van der Waals surface area (Å²) in [5.41, 5.74) is 5.92. The van der Waals surface area contributed by atoms with Crippen LogP contribution in [-0.4, -0.2) is 41.6 Å². The minimum Gasteiger partial charge on any atom is -0.326 e. The number of nitrogens with zero attached hydrogens (tertiary/aromatic N) is 3. The molecule has 0 aliphatic carbocycles. The molecule has 0 radical (unpaired) electrons. The molecule has 1 aliphatic rings. The highest BCUT2D eigenvalue weighted by Crippen LogP contribution is 2.22. The molecule has 2 unspecified atom stereocenters. The van der Waals surface area contributed by atoms with E-state index >= 15 is 0 Å². The number of rotatable bonds is 2. The average Bonchev–Trinajstić information content (AvgIpc) is 2.69. The molecular weight excluding hydrogens is 240 g/mol. The van der Waals surface area contributed by atoms with Gasteiger partial charge in [0.1, 0.15) is 4.90 Å². The van der Waals surface area contributed by atoms with Crippen molar-refractivity contribution < 1.29 is 8.42 Å². The summed E-state index contributed by atoms with van der Waals surface area (Å²) in [5, 5.41) is 3.89. The lowest BCUT2D eigenvalue weighted by Gasteiger charge is -2.33. The molecule has 1 aromatic heterocycles. The Morgan fingerprint density at radius 1 is 1.53 bits per heavy atom. The Morgan fingerprint density at radius 2 is 2.24 bits per heavy atom. The second-order valence-electron chi connectivity index (χ2n) is 4.64. The first kappa shape index (κ1) is 12.5. The molecule has 96 valence electrons. The van der Waals surface area contributed by atoms with Gasteiger partial charge >= 0.3 is 0 Å². The van der Waals surface area contributed by atoms with Crippen molar-refractivity contribution in [1.29, 1.82) is 0 Å². The summed E-state index contributed by atoms with van der Waals surface area (Å²) >= 11 is 0. The summed E-state index contributed by atoms with van der Waals surface area (Å²) in [4.78, 5) is 0.238. The van der Waals surface area contributed by atoms with Crippen LogP contribution in [0.15, 0.2) is 17.3 Å². The number of aryl methyl sites for hydroxylation is 1. The molecule has 0 amide bonds. The van der Waals surface area contributed by atoms with Crippen LogP contribution < -0.4 is 5.73 Å². The van der Waals surface area contributed by atoms with Gasteiger partial charge in [-0.25, -0.2) is 8.42 Å². The summed E-state index contributed by atoms with van der Waals surface area (Å²) in [6.07, 6.45) is 3.69. The van der Waals surface area contributed by atoms with Crippen molar-refractivity contribution in [1.82, 2.24) is 14.1 Å². The van der Waals surface area contributed by atoms with Gasteiger partial charge in [-0.2, -0.15) is 9.40 Å². The fourth-order valence-electron chi connectivity index (χ4n) is 1.97. The van der Waals surface area contributed by atoms with E-state index in [1.165, 1.54) is 21.4 Å². The molecule has 2 heterocycles. The van der Waals surface area contributed by atoms with E-state index in [4.69, 9.17) is 5.73 Å². The molecule has 7 heteroatoms. The maximum atomic E-state index is 12.3. The summed E-state index contributed by atoms with van der Waals surface area (Å²) in [6.45, 7) is 2.98. The molecule has 1 saturated heterocycles. The number of sulfonamides is 1. The maximum absolute atomic E-state index is 12.3. The molecule has 2 N–H and O–H groups in total. The van der Waals surface area contributed by atoms with Gasteiger partial charge in [-0.05, 0) is 12.3 Å². The SMILES string of the molecule is CC1CCN(S(=O)(=O)c2cnn(C)c2)CC1N. The number of hydrogen-bond donors (Lipinski definition) is 1. The molecule has 0 bridgehead atoms. The second-order valence-corrected chi connectivity index (χ2v) is 6.58. The maximum Gasteiger partial charge on any atom is 0.246 e. The lowest BCUT2D eigenvalue weighted by Crippen LogP contribution is -2.49. The van der Waals surface area contributed by atoms with Crippen molar-refractivity contribution in [3.63, 3.8) is 0 Å². The van der Waals surface area contributed by atoms with E-state index in [0.717, 1.165) is 6.42 Å². The normalized spacial score (nSPS) is 27.2. The Hall–Kier alpha value is -0.920. The number of nitrogens with two attached hydrogens (primary N) is 1. The minimum absolute atomic E-state index is 0.0878. The number of hydrogen-bond acceptors (Lipinski definition) is 4. The molecule has 2 atom stereocenters. The number of aromatic nitrogens is 2. The first-order valence-corrected chi connectivity index (χ1v) is 7.09. The van der Waals surface area contributed by atoms with Gasteiger partial charge in [0.25, 0.3) is 0 Å². The molecule has 6 nitrogen and oxygen atoms in total. The van der Waals surface area contributed by atoms with Gasteiger partial charge in [-0.15, -0.1) is 0 Å². The van der Waals surface area contributed by atoms with E-state index in [9.17, 15) is 8.42 Å². The lowest BCUT2D eigenvalue weighted by atomic mass is 9.96. The first-order chi connectivity index (χ1) is 7.91.